The number of aromatic nitrogens is 2. The summed E-state index contributed by atoms with van der Waals surface area (Å²) in [4.78, 5) is 6.38. The van der Waals surface area contributed by atoms with E-state index in [0.717, 1.165) is 13.1 Å². The van der Waals surface area contributed by atoms with Crippen molar-refractivity contribution in [2.75, 3.05) is 24.6 Å². The summed E-state index contributed by atoms with van der Waals surface area (Å²) in [6, 6.07) is 0. The lowest BCUT2D eigenvalue weighted by molar-refractivity contribution is 0.278. The minimum atomic E-state index is -2.79. The van der Waals surface area contributed by atoms with Crippen molar-refractivity contribution in [2.45, 2.75) is 26.9 Å². The molecule has 0 amide bonds. The predicted octanol–water partition coefficient (Wildman–Crippen LogP) is 0.770. The maximum atomic E-state index is 11.4. The molecule has 1 aromatic rings. The Labute approximate surface area is 109 Å². The second-order valence-electron chi connectivity index (χ2n) is 5.36. The quantitative estimate of drug-likeness (QED) is 0.811. The largest absolute Gasteiger partial charge is 0.333 e. The zero-order chi connectivity index (χ0) is 13.2. The van der Waals surface area contributed by atoms with E-state index in [1.165, 1.54) is 5.69 Å². The molecule has 0 N–H and O–H groups in total. The molecule has 1 fully saturated rings. The normalized spacial score (nSPS) is 20.4. The number of hydrogen-bond acceptors (Lipinski definition) is 4. The molecule has 0 aromatic carbocycles. The highest BCUT2D eigenvalue weighted by Crippen LogP contribution is 2.11. The van der Waals surface area contributed by atoms with Crippen molar-refractivity contribution < 1.29 is 8.42 Å². The fourth-order valence-electron chi connectivity index (χ4n) is 2.18. The minimum Gasteiger partial charge on any atom is -0.333 e. The van der Waals surface area contributed by atoms with Gasteiger partial charge in [-0.3, -0.25) is 4.90 Å². The van der Waals surface area contributed by atoms with Gasteiger partial charge in [0.2, 0.25) is 0 Å². The van der Waals surface area contributed by atoms with Crippen molar-refractivity contribution in [1.82, 2.24) is 14.5 Å². The summed E-state index contributed by atoms with van der Waals surface area (Å²) in [5, 5.41) is 0. The molecule has 1 aromatic heterocycles. The molecule has 0 unspecified atom stereocenters. The Morgan fingerprint density at radius 2 is 2.00 bits per heavy atom. The lowest BCUT2D eigenvalue weighted by Crippen LogP contribution is -2.40. The van der Waals surface area contributed by atoms with Crippen LogP contribution >= 0.6 is 0 Å². The van der Waals surface area contributed by atoms with Gasteiger partial charge in [0.1, 0.15) is 0 Å². The number of hydrogen-bond donors (Lipinski definition) is 0. The van der Waals surface area contributed by atoms with Crippen molar-refractivity contribution in [3.05, 3.63) is 18.2 Å². The van der Waals surface area contributed by atoms with E-state index in [0.29, 0.717) is 19.0 Å². The second kappa shape index (κ2) is 5.40. The Morgan fingerprint density at radius 1 is 1.33 bits per heavy atom. The third kappa shape index (κ3) is 3.55. The highest BCUT2D eigenvalue weighted by atomic mass is 32.2. The fraction of sp³-hybridized carbons (Fsp3) is 0.750. The van der Waals surface area contributed by atoms with Gasteiger partial charge in [-0.1, -0.05) is 13.8 Å². The average Bonchev–Trinajstić information content (AvgIpc) is 2.68. The van der Waals surface area contributed by atoms with E-state index in [9.17, 15) is 8.42 Å². The summed E-state index contributed by atoms with van der Waals surface area (Å²) < 4.78 is 24.9. The van der Waals surface area contributed by atoms with Gasteiger partial charge in [-0.25, -0.2) is 13.4 Å². The lowest BCUT2D eigenvalue weighted by atomic mass is 10.2. The summed E-state index contributed by atoms with van der Waals surface area (Å²) in [5.74, 6) is 1.15. The Bertz CT molecular complexity index is 479. The second-order valence-corrected chi connectivity index (χ2v) is 7.66. The first-order valence-corrected chi connectivity index (χ1v) is 8.20. The smallest absolute Gasteiger partial charge is 0.152 e. The van der Waals surface area contributed by atoms with Crippen molar-refractivity contribution in [2.24, 2.45) is 5.92 Å². The molecule has 0 aliphatic carbocycles. The van der Waals surface area contributed by atoms with Crippen LogP contribution in [-0.2, 0) is 22.9 Å². The Balaban J connectivity index is 1.96. The molecule has 18 heavy (non-hydrogen) atoms. The lowest BCUT2D eigenvalue weighted by Gasteiger charge is -2.26. The summed E-state index contributed by atoms with van der Waals surface area (Å²) >= 11 is 0. The van der Waals surface area contributed by atoms with Crippen LogP contribution in [0.2, 0.25) is 0 Å². The molecule has 102 valence electrons. The Hall–Kier alpha value is -0.880. The van der Waals surface area contributed by atoms with Crippen molar-refractivity contribution in [1.29, 1.82) is 0 Å². The number of nitrogens with zero attached hydrogens (tertiary/aromatic N) is 3. The monoisotopic (exact) mass is 271 g/mol. The zero-order valence-corrected chi connectivity index (χ0v) is 11.9. The first-order chi connectivity index (χ1) is 8.46. The standard InChI is InChI=1S/C12H21N3O2S/c1-11(2)8-15-10-13-7-12(15)9-14-3-5-18(16,17)6-4-14/h7,10-11H,3-6,8-9H2,1-2H3. The van der Waals surface area contributed by atoms with Crippen LogP contribution in [0.4, 0.5) is 0 Å². The molecule has 0 radical (unpaired) electrons. The number of rotatable bonds is 4. The maximum absolute atomic E-state index is 11.4. The van der Waals surface area contributed by atoms with Gasteiger partial charge < -0.3 is 4.57 Å². The van der Waals surface area contributed by atoms with E-state index in [4.69, 9.17) is 0 Å². The molecule has 1 aliphatic heterocycles. The van der Waals surface area contributed by atoms with Crippen LogP contribution < -0.4 is 0 Å². The van der Waals surface area contributed by atoms with Crippen LogP contribution in [0.3, 0.4) is 0 Å². The molecule has 5 nitrogen and oxygen atoms in total. The van der Waals surface area contributed by atoms with Crippen LogP contribution in [0.15, 0.2) is 12.5 Å². The fourth-order valence-corrected chi connectivity index (χ4v) is 3.45. The summed E-state index contributed by atoms with van der Waals surface area (Å²) in [6.07, 6.45) is 3.74. The number of imidazole rings is 1. The van der Waals surface area contributed by atoms with E-state index in [1.54, 1.807) is 0 Å². The van der Waals surface area contributed by atoms with Gasteiger partial charge in [-0.15, -0.1) is 0 Å². The third-order valence-electron chi connectivity index (χ3n) is 3.18. The van der Waals surface area contributed by atoms with Crippen LogP contribution in [0, 0.1) is 5.92 Å². The van der Waals surface area contributed by atoms with Gasteiger partial charge in [0.05, 0.1) is 23.5 Å². The zero-order valence-electron chi connectivity index (χ0n) is 11.0. The van der Waals surface area contributed by atoms with Crippen LogP contribution in [-0.4, -0.2) is 47.5 Å². The summed E-state index contributed by atoms with van der Waals surface area (Å²) in [7, 11) is -2.79. The van der Waals surface area contributed by atoms with Gasteiger partial charge in [-0.05, 0) is 5.92 Å². The van der Waals surface area contributed by atoms with Crippen LogP contribution in [0.5, 0.6) is 0 Å². The first kappa shape index (κ1) is 13.5. The van der Waals surface area contributed by atoms with Crippen molar-refractivity contribution in [3.8, 4) is 0 Å². The third-order valence-corrected chi connectivity index (χ3v) is 4.79. The molecular formula is C12H21N3O2S. The van der Waals surface area contributed by atoms with Gasteiger partial charge in [-0.2, -0.15) is 0 Å². The average molecular weight is 271 g/mol. The summed E-state index contributed by atoms with van der Waals surface area (Å²) in [6.45, 7) is 7.38. The van der Waals surface area contributed by atoms with Gasteiger partial charge in [0.15, 0.2) is 9.84 Å². The molecular weight excluding hydrogens is 250 g/mol. The molecule has 0 bridgehead atoms. The molecule has 0 atom stereocenters. The maximum Gasteiger partial charge on any atom is 0.152 e. The first-order valence-electron chi connectivity index (χ1n) is 6.38. The molecule has 2 rings (SSSR count). The Morgan fingerprint density at radius 3 is 2.61 bits per heavy atom. The predicted molar refractivity (Wildman–Crippen MR) is 71.0 cm³/mol. The van der Waals surface area contributed by atoms with E-state index in [-0.39, 0.29) is 11.5 Å². The molecule has 2 heterocycles. The van der Waals surface area contributed by atoms with E-state index in [1.807, 2.05) is 12.5 Å². The number of sulfone groups is 1. The van der Waals surface area contributed by atoms with Crippen LogP contribution in [0.1, 0.15) is 19.5 Å². The Kier molecular flexibility index (Phi) is 4.07. The van der Waals surface area contributed by atoms with Gasteiger partial charge in [0, 0.05) is 32.4 Å². The highest BCUT2D eigenvalue weighted by molar-refractivity contribution is 7.91. The van der Waals surface area contributed by atoms with E-state index in [2.05, 4.69) is 28.3 Å². The highest BCUT2D eigenvalue weighted by Gasteiger charge is 2.22. The van der Waals surface area contributed by atoms with Gasteiger partial charge >= 0.3 is 0 Å². The molecule has 1 saturated heterocycles. The summed E-state index contributed by atoms with van der Waals surface area (Å²) in [5.41, 5.74) is 1.17. The van der Waals surface area contributed by atoms with Crippen molar-refractivity contribution >= 4 is 9.84 Å². The van der Waals surface area contributed by atoms with E-state index >= 15 is 0 Å². The topological polar surface area (TPSA) is 55.2 Å². The molecule has 0 saturated carbocycles. The van der Waals surface area contributed by atoms with Crippen LogP contribution in [0.25, 0.3) is 0 Å². The SMILES string of the molecule is CC(C)Cn1cncc1CN1CCS(=O)(=O)CC1. The van der Waals surface area contributed by atoms with E-state index < -0.39 is 9.84 Å². The molecule has 0 spiro atoms. The molecule has 1 aliphatic rings. The van der Waals surface area contributed by atoms with Gasteiger partial charge in [0.25, 0.3) is 0 Å². The molecule has 6 heteroatoms. The minimum absolute atomic E-state index is 0.283. The van der Waals surface area contributed by atoms with Crippen molar-refractivity contribution in [3.63, 3.8) is 0 Å².